The van der Waals surface area contributed by atoms with Crippen LogP contribution in [0.25, 0.3) is 0 Å². The number of esters is 1. The lowest BCUT2D eigenvalue weighted by Crippen LogP contribution is -2.44. The summed E-state index contributed by atoms with van der Waals surface area (Å²) in [7, 11) is 1.24. The number of carboxylic acids is 1. The standard InChI is InChI=1S/C12H21NO6/c1-7(2)4-8(12(18)19-3)5-10(15)13-9(6-14)11(16)17/h7-9,14H,4-6H2,1-3H3,(H,13,15)(H,16,17)/t8-,9+/m1/s1. The molecule has 110 valence electrons. The van der Waals surface area contributed by atoms with Crippen molar-refractivity contribution in [1.29, 1.82) is 0 Å². The second kappa shape index (κ2) is 8.47. The second-order valence-corrected chi connectivity index (χ2v) is 4.69. The minimum absolute atomic E-state index is 0.158. The van der Waals surface area contributed by atoms with Crippen molar-refractivity contribution < 1.29 is 29.3 Å². The first kappa shape index (κ1) is 17.4. The number of carbonyl (C=O) groups is 3. The first-order valence-electron chi connectivity index (χ1n) is 6.02. The average Bonchev–Trinajstić information content (AvgIpc) is 2.33. The highest BCUT2D eigenvalue weighted by Gasteiger charge is 2.26. The number of aliphatic hydroxyl groups excluding tert-OH is 1. The summed E-state index contributed by atoms with van der Waals surface area (Å²) in [6.07, 6.45) is 0.311. The van der Waals surface area contributed by atoms with E-state index < -0.39 is 36.4 Å². The van der Waals surface area contributed by atoms with Crippen LogP contribution < -0.4 is 5.32 Å². The minimum atomic E-state index is -1.36. The summed E-state index contributed by atoms with van der Waals surface area (Å²) in [6, 6.07) is -1.36. The van der Waals surface area contributed by atoms with Gasteiger partial charge < -0.3 is 20.3 Å². The molecule has 0 radical (unpaired) electrons. The zero-order valence-corrected chi connectivity index (χ0v) is 11.4. The molecule has 0 fully saturated rings. The molecule has 0 aromatic carbocycles. The fraction of sp³-hybridized carbons (Fsp3) is 0.750. The number of carboxylic acid groups (broad SMARTS) is 1. The van der Waals surface area contributed by atoms with Crippen LogP contribution in [0.3, 0.4) is 0 Å². The third-order valence-corrected chi connectivity index (χ3v) is 2.54. The number of hydrogen-bond acceptors (Lipinski definition) is 5. The Morgan fingerprint density at radius 2 is 1.84 bits per heavy atom. The van der Waals surface area contributed by atoms with E-state index >= 15 is 0 Å². The molecule has 0 saturated carbocycles. The first-order chi connectivity index (χ1) is 8.81. The fourth-order valence-corrected chi connectivity index (χ4v) is 1.66. The molecule has 7 nitrogen and oxygen atoms in total. The van der Waals surface area contributed by atoms with Crippen LogP contribution in [-0.2, 0) is 19.1 Å². The van der Waals surface area contributed by atoms with Gasteiger partial charge in [0.25, 0.3) is 0 Å². The molecular weight excluding hydrogens is 254 g/mol. The fourth-order valence-electron chi connectivity index (χ4n) is 1.66. The summed E-state index contributed by atoms with van der Waals surface area (Å²) in [6.45, 7) is 3.11. The van der Waals surface area contributed by atoms with Gasteiger partial charge in [-0.25, -0.2) is 4.79 Å². The average molecular weight is 275 g/mol. The number of hydrogen-bond donors (Lipinski definition) is 3. The summed E-state index contributed by atoms with van der Waals surface area (Å²) in [5, 5.41) is 19.6. The molecule has 2 atom stereocenters. The number of amides is 1. The smallest absolute Gasteiger partial charge is 0.328 e. The van der Waals surface area contributed by atoms with E-state index in [9.17, 15) is 14.4 Å². The number of methoxy groups -OCH3 is 1. The molecule has 0 aliphatic heterocycles. The van der Waals surface area contributed by atoms with Crippen molar-refractivity contribution in [2.45, 2.75) is 32.7 Å². The third-order valence-electron chi connectivity index (χ3n) is 2.54. The lowest BCUT2D eigenvalue weighted by molar-refractivity contribution is -0.148. The van der Waals surface area contributed by atoms with Gasteiger partial charge in [0.15, 0.2) is 0 Å². The van der Waals surface area contributed by atoms with Crippen LogP contribution in [-0.4, -0.2) is 47.8 Å². The van der Waals surface area contributed by atoms with Crippen molar-refractivity contribution in [2.24, 2.45) is 11.8 Å². The molecule has 19 heavy (non-hydrogen) atoms. The zero-order chi connectivity index (χ0) is 15.0. The number of nitrogens with one attached hydrogen (secondary N) is 1. The van der Waals surface area contributed by atoms with Crippen LogP contribution >= 0.6 is 0 Å². The van der Waals surface area contributed by atoms with E-state index in [0.29, 0.717) is 6.42 Å². The van der Waals surface area contributed by atoms with Crippen molar-refractivity contribution in [2.75, 3.05) is 13.7 Å². The van der Waals surface area contributed by atoms with E-state index in [1.54, 1.807) is 0 Å². The summed E-state index contributed by atoms with van der Waals surface area (Å²) in [5.74, 6) is -2.84. The lowest BCUT2D eigenvalue weighted by Gasteiger charge is -2.18. The molecule has 0 aromatic heterocycles. The van der Waals surface area contributed by atoms with Crippen molar-refractivity contribution in [3.8, 4) is 0 Å². The van der Waals surface area contributed by atoms with Crippen LogP contribution in [0.5, 0.6) is 0 Å². The van der Waals surface area contributed by atoms with E-state index in [4.69, 9.17) is 10.2 Å². The maximum absolute atomic E-state index is 11.6. The number of ether oxygens (including phenoxy) is 1. The molecule has 1 amide bonds. The topological polar surface area (TPSA) is 113 Å². The molecule has 0 heterocycles. The molecule has 0 bridgehead atoms. The van der Waals surface area contributed by atoms with Crippen LogP contribution in [0, 0.1) is 11.8 Å². The van der Waals surface area contributed by atoms with Gasteiger partial charge in [-0.2, -0.15) is 0 Å². The number of rotatable bonds is 8. The van der Waals surface area contributed by atoms with Gasteiger partial charge in [-0.15, -0.1) is 0 Å². The minimum Gasteiger partial charge on any atom is -0.480 e. The SMILES string of the molecule is COC(=O)[C@@H](CC(=O)N[C@@H](CO)C(=O)O)CC(C)C. The molecular formula is C12H21NO6. The number of carbonyl (C=O) groups excluding carboxylic acids is 2. The Kier molecular flexibility index (Phi) is 7.74. The Morgan fingerprint density at radius 3 is 2.21 bits per heavy atom. The summed E-state index contributed by atoms with van der Waals surface area (Å²) in [4.78, 5) is 33.8. The van der Waals surface area contributed by atoms with E-state index in [2.05, 4.69) is 10.1 Å². The summed E-state index contributed by atoms with van der Waals surface area (Å²) in [5.41, 5.74) is 0. The molecule has 0 aromatic rings. The molecule has 7 heteroatoms. The maximum Gasteiger partial charge on any atom is 0.328 e. The van der Waals surface area contributed by atoms with Crippen molar-refractivity contribution in [1.82, 2.24) is 5.32 Å². The van der Waals surface area contributed by atoms with Crippen molar-refractivity contribution in [3.05, 3.63) is 0 Å². The van der Waals surface area contributed by atoms with Gasteiger partial charge in [0.2, 0.25) is 5.91 Å². The molecule has 0 saturated heterocycles. The van der Waals surface area contributed by atoms with Gasteiger partial charge in [-0.05, 0) is 12.3 Å². The molecule has 0 rings (SSSR count). The largest absolute Gasteiger partial charge is 0.480 e. The van der Waals surface area contributed by atoms with Crippen molar-refractivity contribution in [3.63, 3.8) is 0 Å². The van der Waals surface area contributed by atoms with E-state index in [-0.39, 0.29) is 12.3 Å². The normalized spacial score (nSPS) is 13.7. The summed E-state index contributed by atoms with van der Waals surface area (Å²) >= 11 is 0. The van der Waals surface area contributed by atoms with E-state index in [1.165, 1.54) is 7.11 Å². The van der Waals surface area contributed by atoms with Crippen molar-refractivity contribution >= 4 is 17.8 Å². The second-order valence-electron chi connectivity index (χ2n) is 4.69. The zero-order valence-electron chi connectivity index (χ0n) is 11.4. The molecule has 3 N–H and O–H groups in total. The molecule has 0 unspecified atom stereocenters. The monoisotopic (exact) mass is 275 g/mol. The quantitative estimate of drug-likeness (QED) is 0.527. The van der Waals surface area contributed by atoms with Crippen LogP contribution in [0.1, 0.15) is 26.7 Å². The maximum atomic E-state index is 11.6. The number of aliphatic carboxylic acids is 1. The number of aliphatic hydroxyl groups is 1. The van der Waals surface area contributed by atoms with Gasteiger partial charge in [0, 0.05) is 6.42 Å². The van der Waals surface area contributed by atoms with Gasteiger partial charge in [0.05, 0.1) is 19.6 Å². The Hall–Kier alpha value is -1.63. The van der Waals surface area contributed by atoms with Gasteiger partial charge in [-0.3, -0.25) is 9.59 Å². The van der Waals surface area contributed by atoms with Crippen LogP contribution in [0.4, 0.5) is 0 Å². The highest BCUT2D eigenvalue weighted by Crippen LogP contribution is 2.17. The Morgan fingerprint density at radius 1 is 1.26 bits per heavy atom. The molecule has 0 spiro atoms. The van der Waals surface area contributed by atoms with Gasteiger partial charge in [-0.1, -0.05) is 13.8 Å². The highest BCUT2D eigenvalue weighted by atomic mass is 16.5. The van der Waals surface area contributed by atoms with Crippen LogP contribution in [0.2, 0.25) is 0 Å². The summed E-state index contributed by atoms with van der Waals surface area (Å²) < 4.78 is 4.61. The Bertz CT molecular complexity index is 328. The molecule has 0 aliphatic rings. The first-order valence-corrected chi connectivity index (χ1v) is 6.02. The Balaban J connectivity index is 4.53. The highest BCUT2D eigenvalue weighted by molar-refractivity contribution is 5.86. The van der Waals surface area contributed by atoms with Gasteiger partial charge in [0.1, 0.15) is 6.04 Å². The van der Waals surface area contributed by atoms with Gasteiger partial charge >= 0.3 is 11.9 Å². The third kappa shape index (κ3) is 6.76. The van der Waals surface area contributed by atoms with E-state index in [0.717, 1.165) is 0 Å². The predicted octanol–water partition coefficient (Wildman–Crippen LogP) is -0.226. The van der Waals surface area contributed by atoms with Crippen LogP contribution in [0.15, 0.2) is 0 Å². The lowest BCUT2D eigenvalue weighted by atomic mass is 9.94. The molecule has 0 aliphatic carbocycles. The predicted molar refractivity (Wildman–Crippen MR) is 66.2 cm³/mol. The van der Waals surface area contributed by atoms with E-state index in [1.807, 2.05) is 13.8 Å². The Labute approximate surface area is 111 Å².